The minimum Gasteiger partial charge on any atom is -0.378 e. The Morgan fingerprint density at radius 3 is 2.94 bits per heavy atom. The second-order valence-corrected chi connectivity index (χ2v) is 5.23. The van der Waals surface area contributed by atoms with Gasteiger partial charge in [-0.05, 0) is 51.6 Å². The van der Waals surface area contributed by atoms with E-state index in [2.05, 4.69) is 10.6 Å². The maximum absolute atomic E-state index is 11.8. The summed E-state index contributed by atoms with van der Waals surface area (Å²) >= 11 is 0. The van der Waals surface area contributed by atoms with Crippen molar-refractivity contribution < 1.29 is 9.53 Å². The molecule has 98 valence electrons. The zero-order valence-corrected chi connectivity index (χ0v) is 10.7. The molecular formula is C13H24N2O2. The zero-order valence-electron chi connectivity index (χ0n) is 10.7. The summed E-state index contributed by atoms with van der Waals surface area (Å²) in [5, 5.41) is 6.45. The number of hydrogen-bond acceptors (Lipinski definition) is 3. The van der Waals surface area contributed by atoms with Gasteiger partial charge in [0.1, 0.15) is 0 Å². The van der Waals surface area contributed by atoms with Crippen LogP contribution < -0.4 is 10.6 Å². The molecule has 0 aromatic rings. The Hall–Kier alpha value is -0.610. The highest BCUT2D eigenvalue weighted by Crippen LogP contribution is 2.23. The molecule has 17 heavy (non-hydrogen) atoms. The van der Waals surface area contributed by atoms with Crippen LogP contribution >= 0.6 is 0 Å². The number of carbonyl (C=O) groups excluding carboxylic acids is 1. The molecule has 0 aromatic carbocycles. The SMILES string of the molecule is CCOC1CC(NC(=O)CC2CCCNC2)C1. The van der Waals surface area contributed by atoms with E-state index in [-0.39, 0.29) is 5.91 Å². The maximum atomic E-state index is 11.8. The van der Waals surface area contributed by atoms with Gasteiger partial charge >= 0.3 is 0 Å². The number of ether oxygens (including phenoxy) is 1. The quantitative estimate of drug-likeness (QED) is 0.755. The van der Waals surface area contributed by atoms with E-state index in [1.54, 1.807) is 0 Å². The van der Waals surface area contributed by atoms with Crippen LogP contribution in [0.3, 0.4) is 0 Å². The van der Waals surface area contributed by atoms with Crippen molar-refractivity contribution in [2.24, 2.45) is 5.92 Å². The van der Waals surface area contributed by atoms with Gasteiger partial charge in [0, 0.05) is 19.1 Å². The molecule has 1 atom stereocenters. The van der Waals surface area contributed by atoms with Crippen LogP contribution in [0, 0.1) is 5.92 Å². The number of rotatable bonds is 5. The number of carbonyl (C=O) groups is 1. The third-order valence-electron chi connectivity index (χ3n) is 3.74. The summed E-state index contributed by atoms with van der Waals surface area (Å²) in [5.41, 5.74) is 0. The molecular weight excluding hydrogens is 216 g/mol. The van der Waals surface area contributed by atoms with E-state index in [1.807, 2.05) is 6.92 Å². The third kappa shape index (κ3) is 3.96. The number of hydrogen-bond donors (Lipinski definition) is 2. The smallest absolute Gasteiger partial charge is 0.220 e. The van der Waals surface area contributed by atoms with Crippen LogP contribution in [0.1, 0.15) is 39.0 Å². The van der Waals surface area contributed by atoms with Gasteiger partial charge in [-0.25, -0.2) is 0 Å². The van der Waals surface area contributed by atoms with Gasteiger partial charge < -0.3 is 15.4 Å². The monoisotopic (exact) mass is 240 g/mol. The fourth-order valence-electron chi connectivity index (χ4n) is 2.70. The molecule has 1 unspecified atom stereocenters. The number of piperidine rings is 1. The van der Waals surface area contributed by atoms with Crippen LogP contribution in [0.2, 0.25) is 0 Å². The van der Waals surface area contributed by atoms with E-state index < -0.39 is 0 Å². The molecule has 1 saturated carbocycles. The average Bonchev–Trinajstić information content (AvgIpc) is 2.27. The van der Waals surface area contributed by atoms with Crippen LogP contribution in [0.25, 0.3) is 0 Å². The topological polar surface area (TPSA) is 50.4 Å². The van der Waals surface area contributed by atoms with Crippen LogP contribution in [-0.2, 0) is 9.53 Å². The maximum Gasteiger partial charge on any atom is 0.220 e. The van der Waals surface area contributed by atoms with Crippen molar-refractivity contribution in [3.05, 3.63) is 0 Å². The molecule has 1 amide bonds. The molecule has 4 nitrogen and oxygen atoms in total. The Morgan fingerprint density at radius 2 is 2.29 bits per heavy atom. The highest BCUT2D eigenvalue weighted by atomic mass is 16.5. The van der Waals surface area contributed by atoms with Crippen molar-refractivity contribution in [3.63, 3.8) is 0 Å². The lowest BCUT2D eigenvalue weighted by Gasteiger charge is -2.35. The molecule has 2 aliphatic rings. The molecule has 1 aliphatic heterocycles. The zero-order chi connectivity index (χ0) is 12.1. The van der Waals surface area contributed by atoms with Crippen molar-refractivity contribution in [3.8, 4) is 0 Å². The summed E-state index contributed by atoms with van der Waals surface area (Å²) in [4.78, 5) is 11.8. The van der Waals surface area contributed by atoms with Gasteiger partial charge in [0.25, 0.3) is 0 Å². The van der Waals surface area contributed by atoms with Crippen LogP contribution in [-0.4, -0.2) is 37.7 Å². The molecule has 1 saturated heterocycles. The predicted octanol–water partition coefficient (Wildman–Crippen LogP) is 1.06. The minimum atomic E-state index is 0.221. The summed E-state index contributed by atoms with van der Waals surface area (Å²) in [5.74, 6) is 0.755. The molecule has 4 heteroatoms. The molecule has 2 N–H and O–H groups in total. The molecule has 0 bridgehead atoms. The van der Waals surface area contributed by atoms with Crippen LogP contribution in [0.15, 0.2) is 0 Å². The van der Waals surface area contributed by atoms with E-state index in [0.717, 1.165) is 32.5 Å². The van der Waals surface area contributed by atoms with Crippen molar-refractivity contribution in [1.29, 1.82) is 0 Å². The highest BCUT2D eigenvalue weighted by Gasteiger charge is 2.31. The first-order valence-corrected chi connectivity index (χ1v) is 6.89. The lowest BCUT2D eigenvalue weighted by Crippen LogP contribution is -2.48. The minimum absolute atomic E-state index is 0.221. The molecule has 2 fully saturated rings. The summed E-state index contributed by atoms with van der Waals surface area (Å²) in [7, 11) is 0. The normalized spacial score (nSPS) is 32.9. The molecule has 1 heterocycles. The highest BCUT2D eigenvalue weighted by molar-refractivity contribution is 5.76. The van der Waals surface area contributed by atoms with Crippen LogP contribution in [0.4, 0.5) is 0 Å². The molecule has 1 aliphatic carbocycles. The Bertz CT molecular complexity index is 246. The predicted molar refractivity (Wildman–Crippen MR) is 66.8 cm³/mol. The standard InChI is InChI=1S/C13H24N2O2/c1-2-17-12-7-11(8-12)15-13(16)6-10-4-3-5-14-9-10/h10-12,14H,2-9H2,1H3,(H,15,16). The Kier molecular flexibility index (Phi) is 4.80. The first-order valence-electron chi connectivity index (χ1n) is 6.89. The van der Waals surface area contributed by atoms with E-state index in [4.69, 9.17) is 4.74 Å². The second kappa shape index (κ2) is 6.36. The lowest BCUT2D eigenvalue weighted by atomic mass is 9.88. The first kappa shape index (κ1) is 12.8. The Labute approximate surface area is 103 Å². The Balaban J connectivity index is 1.58. The van der Waals surface area contributed by atoms with Gasteiger partial charge in [0.15, 0.2) is 0 Å². The molecule has 0 spiro atoms. The summed E-state index contributed by atoms with van der Waals surface area (Å²) in [6, 6.07) is 0.357. The summed E-state index contributed by atoms with van der Waals surface area (Å²) < 4.78 is 5.48. The Morgan fingerprint density at radius 1 is 1.47 bits per heavy atom. The van der Waals surface area contributed by atoms with Crippen molar-refractivity contribution in [1.82, 2.24) is 10.6 Å². The van der Waals surface area contributed by atoms with Gasteiger partial charge in [-0.2, -0.15) is 0 Å². The summed E-state index contributed by atoms with van der Waals surface area (Å²) in [6.45, 7) is 4.90. The van der Waals surface area contributed by atoms with Gasteiger partial charge in [-0.3, -0.25) is 4.79 Å². The molecule has 0 radical (unpaired) electrons. The lowest BCUT2D eigenvalue weighted by molar-refractivity contribution is -0.124. The fraction of sp³-hybridized carbons (Fsp3) is 0.923. The van der Waals surface area contributed by atoms with Crippen LogP contribution in [0.5, 0.6) is 0 Å². The first-order chi connectivity index (χ1) is 8.28. The number of amides is 1. The third-order valence-corrected chi connectivity index (χ3v) is 3.74. The van der Waals surface area contributed by atoms with Crippen molar-refractivity contribution >= 4 is 5.91 Å². The van der Waals surface area contributed by atoms with Gasteiger partial charge in [0.05, 0.1) is 6.10 Å². The van der Waals surface area contributed by atoms with E-state index in [1.165, 1.54) is 12.8 Å². The van der Waals surface area contributed by atoms with Crippen molar-refractivity contribution in [2.75, 3.05) is 19.7 Å². The van der Waals surface area contributed by atoms with E-state index in [9.17, 15) is 4.79 Å². The van der Waals surface area contributed by atoms with Gasteiger partial charge in [0.2, 0.25) is 5.91 Å². The summed E-state index contributed by atoms with van der Waals surface area (Å²) in [6.07, 6.45) is 5.43. The largest absolute Gasteiger partial charge is 0.378 e. The molecule has 0 aromatic heterocycles. The van der Waals surface area contributed by atoms with Gasteiger partial charge in [-0.1, -0.05) is 0 Å². The van der Waals surface area contributed by atoms with Gasteiger partial charge in [-0.15, -0.1) is 0 Å². The van der Waals surface area contributed by atoms with E-state index in [0.29, 0.717) is 24.5 Å². The average molecular weight is 240 g/mol. The number of nitrogens with one attached hydrogen (secondary N) is 2. The fourth-order valence-corrected chi connectivity index (χ4v) is 2.70. The molecule has 2 rings (SSSR count). The second-order valence-electron chi connectivity index (χ2n) is 5.23. The van der Waals surface area contributed by atoms with E-state index >= 15 is 0 Å². The van der Waals surface area contributed by atoms with Crippen molar-refractivity contribution in [2.45, 2.75) is 51.2 Å².